The van der Waals surface area contributed by atoms with Gasteiger partial charge in [0.25, 0.3) is 0 Å². The number of hydrogen-bond donors (Lipinski definition) is 0. The third-order valence-corrected chi connectivity index (χ3v) is 16.4. The highest BCUT2D eigenvalue weighted by Gasteiger charge is 2.58. The number of hydrogen-bond acceptors (Lipinski definition) is 8. The van der Waals surface area contributed by atoms with Crippen LogP contribution in [0.15, 0.2) is 50.6 Å². The van der Waals surface area contributed by atoms with E-state index in [1.807, 2.05) is 24.3 Å². The fourth-order valence-electron chi connectivity index (χ4n) is 12.6. The summed E-state index contributed by atoms with van der Waals surface area (Å²) in [7, 11) is 0. The second-order valence-electron chi connectivity index (χ2n) is 20.4. The second-order valence-corrected chi connectivity index (χ2v) is 20.4. The molecule has 4 unspecified atom stereocenters. The average molecular weight is 777 g/mol. The SMILES string of the molecule is C=C[C@@]1(C)CCC[C@@]2(C)OC(=O)CC12.C=C[C@@]1(C)CCC[C@]2(C)OC(=O)CC12.C=C[C@]1(C)CCC[C@@]2(C)OC(=O)CC21.C=C[C@]1(C)CCC[C@]2(C)OC(=O)CC12. The van der Waals surface area contributed by atoms with E-state index in [9.17, 15) is 19.2 Å². The predicted molar refractivity (Wildman–Crippen MR) is 219 cm³/mol. The van der Waals surface area contributed by atoms with Gasteiger partial charge in [0, 0.05) is 23.7 Å². The quantitative estimate of drug-likeness (QED) is 0.158. The molecule has 4 aliphatic carbocycles. The van der Waals surface area contributed by atoms with Crippen molar-refractivity contribution in [2.45, 2.75) is 181 Å². The molecular formula is C48H72O8. The summed E-state index contributed by atoms with van der Waals surface area (Å²) in [5.74, 6) is 1.17. The molecule has 0 radical (unpaired) electrons. The van der Waals surface area contributed by atoms with Gasteiger partial charge in [-0.25, -0.2) is 0 Å². The van der Waals surface area contributed by atoms with Crippen molar-refractivity contribution in [3.8, 4) is 0 Å². The Morgan fingerprint density at radius 1 is 0.375 bits per heavy atom. The number of allylic oxidation sites excluding steroid dienone is 4. The maximum Gasteiger partial charge on any atom is 0.306 e. The van der Waals surface area contributed by atoms with E-state index in [0.717, 1.165) is 77.0 Å². The first kappa shape index (κ1) is 44.0. The van der Waals surface area contributed by atoms with Gasteiger partial charge in [-0.1, -0.05) is 52.0 Å². The minimum Gasteiger partial charge on any atom is -0.459 e. The van der Waals surface area contributed by atoms with Gasteiger partial charge in [-0.15, -0.1) is 26.3 Å². The van der Waals surface area contributed by atoms with Gasteiger partial charge in [-0.05, 0) is 126 Å². The van der Waals surface area contributed by atoms with Crippen LogP contribution >= 0.6 is 0 Å². The van der Waals surface area contributed by atoms with Crippen molar-refractivity contribution in [2.75, 3.05) is 0 Å². The third kappa shape index (κ3) is 8.10. The largest absolute Gasteiger partial charge is 0.459 e. The van der Waals surface area contributed by atoms with Crippen LogP contribution in [-0.2, 0) is 38.1 Å². The molecule has 8 aliphatic rings. The Bertz CT molecular complexity index is 1370. The van der Waals surface area contributed by atoms with Gasteiger partial charge < -0.3 is 18.9 Å². The first-order chi connectivity index (χ1) is 26.0. The second kappa shape index (κ2) is 15.5. The molecule has 0 N–H and O–H groups in total. The Kier molecular flexibility index (Phi) is 12.2. The number of carbonyl (C=O) groups is 4. The van der Waals surface area contributed by atoms with E-state index < -0.39 is 0 Å². The molecule has 12 atom stereocenters. The molecule has 0 amide bonds. The molecule has 312 valence electrons. The van der Waals surface area contributed by atoms with E-state index in [1.54, 1.807) is 0 Å². The minimum atomic E-state index is -0.224. The lowest BCUT2D eigenvalue weighted by molar-refractivity contribution is -0.152. The van der Waals surface area contributed by atoms with Gasteiger partial charge in [0.1, 0.15) is 22.4 Å². The Morgan fingerprint density at radius 2 is 0.554 bits per heavy atom. The lowest BCUT2D eigenvalue weighted by Gasteiger charge is -2.45. The summed E-state index contributed by atoms with van der Waals surface area (Å²) in [6.07, 6.45) is 23.4. The molecule has 4 saturated heterocycles. The maximum absolute atomic E-state index is 11.4. The summed E-state index contributed by atoms with van der Waals surface area (Å²) in [6.45, 7) is 32.7. The Morgan fingerprint density at radius 3 is 0.714 bits per heavy atom. The molecule has 4 aliphatic heterocycles. The lowest BCUT2D eigenvalue weighted by atomic mass is 9.61. The Hall–Kier alpha value is -3.16. The van der Waals surface area contributed by atoms with Crippen molar-refractivity contribution in [1.29, 1.82) is 0 Å². The topological polar surface area (TPSA) is 105 Å². The van der Waals surface area contributed by atoms with Crippen LogP contribution in [0.3, 0.4) is 0 Å². The van der Waals surface area contributed by atoms with Crippen molar-refractivity contribution < 1.29 is 38.1 Å². The first-order valence-electron chi connectivity index (χ1n) is 21.4. The van der Waals surface area contributed by atoms with E-state index in [2.05, 4.69) is 81.7 Å². The average Bonchev–Trinajstić information content (AvgIpc) is 3.84. The summed E-state index contributed by atoms with van der Waals surface area (Å²) in [6, 6.07) is 0. The van der Waals surface area contributed by atoms with Crippen molar-refractivity contribution in [1.82, 2.24) is 0 Å². The van der Waals surface area contributed by atoms with E-state index >= 15 is 0 Å². The standard InChI is InChI=1S/4C12H18O2/c4*1-4-11(2)6-5-7-12(3)9(11)8-10(13)14-12/h4*4,9H,1,5-8H2,2-3H3/t2*9?,11-,12+;2*9?,11-,12-/m1010/s1. The van der Waals surface area contributed by atoms with Crippen LogP contribution in [0, 0.1) is 45.3 Å². The monoisotopic (exact) mass is 777 g/mol. The number of esters is 4. The zero-order chi connectivity index (χ0) is 41.6. The number of carbonyl (C=O) groups excluding carboxylic acids is 4. The van der Waals surface area contributed by atoms with Crippen LogP contribution in [0.4, 0.5) is 0 Å². The summed E-state index contributed by atoms with van der Waals surface area (Å²) in [5.41, 5.74) is -0.566. The molecule has 0 spiro atoms. The van der Waals surface area contributed by atoms with E-state index in [0.29, 0.717) is 49.4 Å². The number of ether oxygens (including phenoxy) is 4. The number of fused-ring (bicyclic) bond motifs is 4. The molecule has 0 bridgehead atoms. The third-order valence-electron chi connectivity index (χ3n) is 16.4. The van der Waals surface area contributed by atoms with Gasteiger partial charge >= 0.3 is 23.9 Å². The molecule has 0 aromatic heterocycles. The van der Waals surface area contributed by atoms with Gasteiger partial charge in [0.2, 0.25) is 0 Å². The van der Waals surface area contributed by atoms with Crippen molar-refractivity contribution in [2.24, 2.45) is 45.3 Å². The van der Waals surface area contributed by atoms with E-state index in [-0.39, 0.29) is 67.9 Å². The smallest absolute Gasteiger partial charge is 0.306 e. The van der Waals surface area contributed by atoms with Crippen LogP contribution < -0.4 is 0 Å². The van der Waals surface area contributed by atoms with Crippen molar-refractivity contribution >= 4 is 23.9 Å². The van der Waals surface area contributed by atoms with Crippen LogP contribution in [0.25, 0.3) is 0 Å². The Balaban J connectivity index is 0.000000143. The molecule has 0 aromatic carbocycles. The summed E-state index contributed by atoms with van der Waals surface area (Å²) in [5, 5.41) is 0. The minimum absolute atomic E-state index is 0.0347. The highest BCUT2D eigenvalue weighted by Crippen LogP contribution is 2.57. The number of rotatable bonds is 4. The zero-order valence-corrected chi connectivity index (χ0v) is 36.0. The first-order valence-corrected chi connectivity index (χ1v) is 21.4. The van der Waals surface area contributed by atoms with E-state index in [4.69, 9.17) is 18.9 Å². The summed E-state index contributed by atoms with van der Waals surface area (Å²) >= 11 is 0. The molecule has 4 saturated carbocycles. The molecule has 8 heteroatoms. The molecule has 8 nitrogen and oxygen atoms in total. The van der Waals surface area contributed by atoms with Crippen LogP contribution in [0.2, 0.25) is 0 Å². The van der Waals surface area contributed by atoms with Crippen molar-refractivity contribution in [3.63, 3.8) is 0 Å². The highest BCUT2D eigenvalue weighted by atomic mass is 16.6. The molecular weight excluding hydrogens is 705 g/mol. The molecule has 4 heterocycles. The van der Waals surface area contributed by atoms with Gasteiger partial charge in [0.05, 0.1) is 25.7 Å². The summed E-state index contributed by atoms with van der Waals surface area (Å²) < 4.78 is 21.9. The molecule has 8 fully saturated rings. The van der Waals surface area contributed by atoms with Crippen LogP contribution in [0.5, 0.6) is 0 Å². The highest BCUT2D eigenvalue weighted by molar-refractivity contribution is 5.74. The molecule has 56 heavy (non-hydrogen) atoms. The van der Waals surface area contributed by atoms with Crippen molar-refractivity contribution in [3.05, 3.63) is 50.6 Å². The van der Waals surface area contributed by atoms with E-state index in [1.165, 1.54) is 0 Å². The zero-order valence-electron chi connectivity index (χ0n) is 36.0. The Labute approximate surface area is 337 Å². The van der Waals surface area contributed by atoms with Gasteiger partial charge in [0.15, 0.2) is 0 Å². The summed E-state index contributed by atoms with van der Waals surface area (Å²) in [4.78, 5) is 45.4. The fourth-order valence-corrected chi connectivity index (χ4v) is 12.6. The van der Waals surface area contributed by atoms with Crippen LogP contribution in [-0.4, -0.2) is 46.3 Å². The predicted octanol–water partition coefficient (Wildman–Crippen LogP) is 10.7. The van der Waals surface area contributed by atoms with Gasteiger partial charge in [-0.3, -0.25) is 19.2 Å². The molecule has 0 aromatic rings. The van der Waals surface area contributed by atoms with Gasteiger partial charge in [-0.2, -0.15) is 0 Å². The lowest BCUT2D eigenvalue weighted by Crippen LogP contribution is -2.44. The molecule has 8 rings (SSSR count). The van der Waals surface area contributed by atoms with Crippen LogP contribution in [0.1, 0.15) is 158 Å². The fraction of sp³-hybridized carbons (Fsp3) is 0.750. The normalized spacial score (nSPS) is 47.0. The maximum atomic E-state index is 11.4.